The molecule has 1 N–H and O–H groups in total. The van der Waals surface area contributed by atoms with Crippen molar-refractivity contribution < 1.29 is 4.79 Å². The van der Waals surface area contributed by atoms with Gasteiger partial charge in [0.1, 0.15) is 0 Å². The lowest BCUT2D eigenvalue weighted by molar-refractivity contribution is -0.115. The van der Waals surface area contributed by atoms with Gasteiger partial charge in [-0.2, -0.15) is 0 Å². The Morgan fingerprint density at radius 2 is 1.63 bits per heavy atom. The van der Waals surface area contributed by atoms with Gasteiger partial charge in [0.15, 0.2) is 10.3 Å². The highest BCUT2D eigenvalue weighted by Crippen LogP contribution is 2.29. The lowest BCUT2D eigenvalue weighted by atomic mass is 10.1. The Balaban J connectivity index is 1.25. The van der Waals surface area contributed by atoms with E-state index >= 15 is 0 Å². The van der Waals surface area contributed by atoms with Crippen LogP contribution in [0.2, 0.25) is 0 Å². The molecule has 2 aromatic heterocycles. The number of carbonyl (C=O) groups excluding carboxylic acids is 1. The topological polar surface area (TPSA) is 76.9 Å². The molecular weight excluding hydrogens is 512 g/mol. The van der Waals surface area contributed by atoms with Crippen LogP contribution in [0.4, 0.5) is 5.13 Å². The number of benzene rings is 4. The highest BCUT2D eigenvalue weighted by molar-refractivity contribution is 8.00. The second-order valence-electron chi connectivity index (χ2n) is 8.74. The highest BCUT2D eigenvalue weighted by atomic mass is 32.2. The number of para-hydroxylation sites is 2. The lowest BCUT2D eigenvalue weighted by Crippen LogP contribution is -2.26. The van der Waals surface area contributed by atoms with Crippen LogP contribution in [-0.2, 0) is 4.79 Å². The summed E-state index contributed by atoms with van der Waals surface area (Å²) in [5.74, 6) is -0.212. The minimum absolute atomic E-state index is 0.170. The van der Waals surface area contributed by atoms with Gasteiger partial charge in [-0.05, 0) is 48.0 Å². The maximum Gasteiger partial charge on any atom is 0.266 e. The van der Waals surface area contributed by atoms with Crippen molar-refractivity contribution in [1.82, 2.24) is 14.5 Å². The number of hydrogen-bond acceptors (Lipinski definition) is 6. The van der Waals surface area contributed by atoms with Gasteiger partial charge in [0.25, 0.3) is 5.56 Å². The van der Waals surface area contributed by atoms with Gasteiger partial charge >= 0.3 is 0 Å². The average Bonchev–Trinajstić information content (AvgIpc) is 3.42. The molecule has 1 unspecified atom stereocenters. The molecule has 0 fully saturated rings. The predicted molar refractivity (Wildman–Crippen MR) is 156 cm³/mol. The molecular formula is C30H22N4O2S2. The van der Waals surface area contributed by atoms with E-state index in [2.05, 4.69) is 34.6 Å². The normalized spacial score (nSPS) is 12.0. The summed E-state index contributed by atoms with van der Waals surface area (Å²) in [4.78, 5) is 36.0. The van der Waals surface area contributed by atoms with Crippen LogP contribution in [0.25, 0.3) is 38.6 Å². The van der Waals surface area contributed by atoms with E-state index in [-0.39, 0.29) is 11.5 Å². The summed E-state index contributed by atoms with van der Waals surface area (Å²) in [6.07, 6.45) is 0. The van der Waals surface area contributed by atoms with Crippen molar-refractivity contribution in [2.75, 3.05) is 5.32 Å². The molecule has 1 amide bonds. The van der Waals surface area contributed by atoms with E-state index in [1.807, 2.05) is 72.1 Å². The molecule has 8 heteroatoms. The maximum absolute atomic E-state index is 13.4. The molecule has 38 heavy (non-hydrogen) atoms. The largest absolute Gasteiger partial charge is 0.301 e. The van der Waals surface area contributed by atoms with Crippen LogP contribution in [0.1, 0.15) is 6.92 Å². The molecule has 0 spiro atoms. The second-order valence-corrected chi connectivity index (χ2v) is 10.9. The Kier molecular flexibility index (Phi) is 6.49. The van der Waals surface area contributed by atoms with Gasteiger partial charge in [0.05, 0.1) is 27.5 Å². The van der Waals surface area contributed by atoms with Crippen LogP contribution in [0.5, 0.6) is 0 Å². The van der Waals surface area contributed by atoms with Crippen LogP contribution in [0.3, 0.4) is 0 Å². The molecule has 1 atom stereocenters. The zero-order chi connectivity index (χ0) is 26.1. The van der Waals surface area contributed by atoms with Crippen molar-refractivity contribution >= 4 is 55.8 Å². The lowest BCUT2D eigenvalue weighted by Gasteiger charge is -2.16. The summed E-state index contributed by atoms with van der Waals surface area (Å²) in [6, 6.07) is 31.0. The summed E-state index contributed by atoms with van der Waals surface area (Å²) in [5.41, 5.74) is 2.93. The Morgan fingerprint density at radius 1 is 0.895 bits per heavy atom. The second kappa shape index (κ2) is 10.2. The Morgan fingerprint density at radius 3 is 2.47 bits per heavy atom. The number of aromatic nitrogens is 3. The molecule has 4 aromatic carbocycles. The molecule has 0 bridgehead atoms. The number of anilines is 1. The third-order valence-corrected chi connectivity index (χ3v) is 8.00. The minimum Gasteiger partial charge on any atom is -0.301 e. The highest BCUT2D eigenvalue weighted by Gasteiger charge is 2.21. The van der Waals surface area contributed by atoms with E-state index in [9.17, 15) is 9.59 Å². The fraction of sp³-hybridized carbons (Fsp3) is 0.0667. The molecule has 0 aliphatic heterocycles. The molecule has 6 aromatic rings. The van der Waals surface area contributed by atoms with E-state index in [1.165, 1.54) is 28.5 Å². The van der Waals surface area contributed by atoms with Gasteiger partial charge in [-0.3, -0.25) is 14.2 Å². The summed E-state index contributed by atoms with van der Waals surface area (Å²) in [5, 5.41) is 8.17. The smallest absolute Gasteiger partial charge is 0.266 e. The van der Waals surface area contributed by atoms with Crippen molar-refractivity contribution in [2.45, 2.75) is 17.3 Å². The van der Waals surface area contributed by atoms with Gasteiger partial charge in [-0.1, -0.05) is 78.5 Å². The van der Waals surface area contributed by atoms with Crippen molar-refractivity contribution in [3.8, 4) is 16.9 Å². The number of amides is 1. The summed E-state index contributed by atoms with van der Waals surface area (Å²) in [6.45, 7) is 1.80. The number of thioether (sulfide) groups is 1. The molecule has 0 saturated heterocycles. The Hall–Kier alpha value is -4.27. The minimum atomic E-state index is -0.522. The van der Waals surface area contributed by atoms with E-state index in [4.69, 9.17) is 4.98 Å². The summed E-state index contributed by atoms with van der Waals surface area (Å²) >= 11 is 2.63. The monoisotopic (exact) mass is 534 g/mol. The molecule has 2 heterocycles. The third-order valence-electron chi connectivity index (χ3n) is 6.19. The SMILES string of the molecule is CC(Sc1nc2ccccc2c(=O)n1-c1ccccc1)C(=O)Nc1nc(-c2ccc3ccccc3c2)cs1. The molecule has 6 rings (SSSR count). The van der Waals surface area contributed by atoms with Crippen molar-refractivity contribution in [3.05, 3.63) is 113 Å². The van der Waals surface area contributed by atoms with Crippen LogP contribution in [0, 0.1) is 0 Å². The van der Waals surface area contributed by atoms with Crippen LogP contribution in [0.15, 0.2) is 112 Å². The van der Waals surface area contributed by atoms with Crippen molar-refractivity contribution in [2.24, 2.45) is 0 Å². The van der Waals surface area contributed by atoms with Crippen LogP contribution >= 0.6 is 23.1 Å². The summed E-state index contributed by atoms with van der Waals surface area (Å²) < 4.78 is 1.57. The number of fused-ring (bicyclic) bond motifs is 2. The van der Waals surface area contributed by atoms with Crippen LogP contribution in [-0.4, -0.2) is 25.7 Å². The molecule has 0 radical (unpaired) electrons. The van der Waals surface area contributed by atoms with Gasteiger partial charge in [-0.15, -0.1) is 11.3 Å². The van der Waals surface area contributed by atoms with E-state index in [0.717, 1.165) is 16.6 Å². The summed E-state index contributed by atoms with van der Waals surface area (Å²) in [7, 11) is 0. The first-order valence-corrected chi connectivity index (χ1v) is 13.8. The first kappa shape index (κ1) is 24.1. The molecule has 0 aliphatic carbocycles. The molecule has 6 nitrogen and oxygen atoms in total. The maximum atomic E-state index is 13.4. The Labute approximate surface area is 227 Å². The van der Waals surface area contributed by atoms with Gasteiger partial charge in [-0.25, -0.2) is 9.97 Å². The zero-order valence-corrected chi connectivity index (χ0v) is 22.0. The number of carbonyl (C=O) groups is 1. The van der Waals surface area contributed by atoms with E-state index < -0.39 is 5.25 Å². The van der Waals surface area contributed by atoms with Crippen molar-refractivity contribution in [1.29, 1.82) is 0 Å². The predicted octanol–water partition coefficient (Wildman–Crippen LogP) is 6.78. The molecule has 186 valence electrons. The third kappa shape index (κ3) is 4.71. The number of hydrogen-bond donors (Lipinski definition) is 1. The van der Waals surface area contributed by atoms with E-state index in [0.29, 0.717) is 26.9 Å². The quantitative estimate of drug-likeness (QED) is 0.188. The van der Waals surface area contributed by atoms with Crippen LogP contribution < -0.4 is 10.9 Å². The molecule has 0 saturated carbocycles. The fourth-order valence-electron chi connectivity index (χ4n) is 4.23. The first-order chi connectivity index (χ1) is 18.6. The number of nitrogens with zero attached hydrogens (tertiary/aromatic N) is 3. The van der Waals surface area contributed by atoms with Crippen molar-refractivity contribution in [3.63, 3.8) is 0 Å². The zero-order valence-electron chi connectivity index (χ0n) is 20.4. The average molecular weight is 535 g/mol. The number of nitrogens with one attached hydrogen (secondary N) is 1. The standard InChI is InChI=1S/C30H22N4O2S2/c1-19(27(35)33-29-31-26(18-37-29)22-16-15-20-9-5-6-10-21(20)17-22)38-30-32-25-14-8-7-13-24(25)28(36)34(30)23-11-3-2-4-12-23/h2-19H,1H3,(H,31,33,35). The van der Waals surface area contributed by atoms with Gasteiger partial charge < -0.3 is 5.32 Å². The first-order valence-electron chi connectivity index (χ1n) is 12.1. The number of rotatable bonds is 6. The fourth-order valence-corrected chi connectivity index (χ4v) is 5.88. The Bertz CT molecular complexity index is 1850. The molecule has 0 aliphatic rings. The van der Waals surface area contributed by atoms with Gasteiger partial charge in [0, 0.05) is 10.9 Å². The van der Waals surface area contributed by atoms with Gasteiger partial charge in [0.2, 0.25) is 5.91 Å². The van der Waals surface area contributed by atoms with E-state index in [1.54, 1.807) is 17.6 Å². The number of thiazole rings is 1.